The minimum Gasteiger partial charge on any atom is -0.472 e. The molecule has 0 saturated heterocycles. The van der Waals surface area contributed by atoms with E-state index in [1.165, 1.54) is 11.3 Å². The molecule has 4 heteroatoms. The molecule has 0 amide bonds. The van der Waals surface area contributed by atoms with E-state index in [-0.39, 0.29) is 0 Å². The van der Waals surface area contributed by atoms with Crippen molar-refractivity contribution in [1.82, 2.24) is 10.3 Å². The van der Waals surface area contributed by atoms with Crippen LogP contribution in [0.1, 0.15) is 16.3 Å². The van der Waals surface area contributed by atoms with Crippen molar-refractivity contribution in [3.8, 4) is 0 Å². The van der Waals surface area contributed by atoms with E-state index in [2.05, 4.69) is 15.7 Å². The van der Waals surface area contributed by atoms with Gasteiger partial charge in [-0.05, 0) is 32.0 Å². The van der Waals surface area contributed by atoms with Crippen LogP contribution in [0.25, 0.3) is 0 Å². The maximum Gasteiger partial charge on any atom is 0.0935 e. The molecule has 0 fully saturated rings. The summed E-state index contributed by atoms with van der Waals surface area (Å²) < 4.78 is 5.07. The molecule has 2 aromatic heterocycles. The number of furan rings is 1. The number of nitrogens with one attached hydrogen (secondary N) is 1. The summed E-state index contributed by atoms with van der Waals surface area (Å²) in [4.78, 5) is 4.48. The van der Waals surface area contributed by atoms with E-state index in [1.807, 2.05) is 20.0 Å². The second kappa shape index (κ2) is 5.27. The van der Waals surface area contributed by atoms with Crippen molar-refractivity contribution in [3.05, 3.63) is 40.2 Å². The van der Waals surface area contributed by atoms with Gasteiger partial charge in [0, 0.05) is 17.8 Å². The smallest absolute Gasteiger partial charge is 0.0935 e. The summed E-state index contributed by atoms with van der Waals surface area (Å²) in [7, 11) is 1.99. The van der Waals surface area contributed by atoms with Gasteiger partial charge >= 0.3 is 0 Å². The molecule has 0 spiro atoms. The lowest BCUT2D eigenvalue weighted by molar-refractivity contribution is 0.535. The Hall–Kier alpha value is -1.13. The van der Waals surface area contributed by atoms with Gasteiger partial charge in [-0.25, -0.2) is 4.98 Å². The molecule has 1 atom stereocenters. The number of hydrogen-bond donors (Lipinski definition) is 1. The first-order valence-corrected chi connectivity index (χ1v) is 6.25. The standard InChI is InChI=1S/C12H16N2OS/c1-9-14-12(8-16-9)6-11(13-2)5-10-3-4-15-7-10/h3-4,7-8,11,13H,5-6H2,1-2H3. The third-order valence-electron chi connectivity index (χ3n) is 2.59. The van der Waals surface area contributed by atoms with Crippen LogP contribution >= 0.6 is 11.3 Å². The van der Waals surface area contributed by atoms with Gasteiger partial charge in [0.1, 0.15) is 0 Å². The van der Waals surface area contributed by atoms with Crippen LogP contribution in [0.15, 0.2) is 28.4 Å². The first-order chi connectivity index (χ1) is 7.78. The lowest BCUT2D eigenvalue weighted by Gasteiger charge is -2.13. The minimum atomic E-state index is 0.416. The highest BCUT2D eigenvalue weighted by molar-refractivity contribution is 7.09. The topological polar surface area (TPSA) is 38.1 Å². The predicted octanol–water partition coefficient (Wildman–Crippen LogP) is 2.42. The molecule has 0 bridgehead atoms. The average molecular weight is 236 g/mol. The molecule has 16 heavy (non-hydrogen) atoms. The molecular weight excluding hydrogens is 220 g/mol. The molecule has 86 valence electrons. The fourth-order valence-corrected chi connectivity index (χ4v) is 2.35. The van der Waals surface area contributed by atoms with E-state index >= 15 is 0 Å². The second-order valence-electron chi connectivity index (χ2n) is 3.88. The highest BCUT2D eigenvalue weighted by atomic mass is 32.1. The van der Waals surface area contributed by atoms with Gasteiger partial charge in [0.05, 0.1) is 23.2 Å². The molecule has 0 aliphatic heterocycles. The number of aromatic nitrogens is 1. The van der Waals surface area contributed by atoms with Gasteiger partial charge in [0.2, 0.25) is 0 Å². The van der Waals surface area contributed by atoms with Crippen LogP contribution in [0.4, 0.5) is 0 Å². The summed E-state index contributed by atoms with van der Waals surface area (Å²) in [5, 5.41) is 6.59. The molecule has 0 aliphatic rings. The zero-order chi connectivity index (χ0) is 11.4. The molecule has 2 heterocycles. The Balaban J connectivity index is 1.95. The van der Waals surface area contributed by atoms with Crippen molar-refractivity contribution in [2.24, 2.45) is 0 Å². The first kappa shape index (κ1) is 11.4. The van der Waals surface area contributed by atoms with Gasteiger partial charge < -0.3 is 9.73 Å². The number of hydrogen-bond acceptors (Lipinski definition) is 4. The molecule has 1 unspecified atom stereocenters. The molecule has 0 aromatic carbocycles. The van der Waals surface area contributed by atoms with Crippen molar-refractivity contribution < 1.29 is 4.42 Å². The summed E-state index contributed by atoms with van der Waals surface area (Å²) in [6.07, 6.45) is 5.46. The first-order valence-electron chi connectivity index (χ1n) is 5.37. The lowest BCUT2D eigenvalue weighted by atomic mass is 10.0. The zero-order valence-electron chi connectivity index (χ0n) is 9.56. The van der Waals surface area contributed by atoms with Crippen molar-refractivity contribution >= 4 is 11.3 Å². The number of aryl methyl sites for hydroxylation is 1. The summed E-state index contributed by atoms with van der Waals surface area (Å²) in [5.41, 5.74) is 2.40. The van der Waals surface area contributed by atoms with Crippen molar-refractivity contribution in [2.75, 3.05) is 7.05 Å². The maximum atomic E-state index is 5.07. The lowest BCUT2D eigenvalue weighted by Crippen LogP contribution is -2.29. The second-order valence-corrected chi connectivity index (χ2v) is 4.95. The Morgan fingerprint density at radius 2 is 2.38 bits per heavy atom. The molecular formula is C12H16N2OS. The van der Waals surface area contributed by atoms with E-state index in [0.29, 0.717) is 6.04 Å². The highest BCUT2D eigenvalue weighted by Gasteiger charge is 2.10. The van der Waals surface area contributed by atoms with Crippen molar-refractivity contribution in [1.29, 1.82) is 0 Å². The Morgan fingerprint density at radius 1 is 1.50 bits per heavy atom. The number of nitrogens with zero attached hydrogens (tertiary/aromatic N) is 1. The quantitative estimate of drug-likeness (QED) is 0.866. The molecule has 2 aromatic rings. The molecule has 3 nitrogen and oxygen atoms in total. The highest BCUT2D eigenvalue weighted by Crippen LogP contribution is 2.12. The Morgan fingerprint density at radius 3 is 2.94 bits per heavy atom. The van der Waals surface area contributed by atoms with Gasteiger partial charge in [-0.2, -0.15) is 0 Å². The van der Waals surface area contributed by atoms with Crippen LogP contribution in [-0.4, -0.2) is 18.1 Å². The van der Waals surface area contributed by atoms with Gasteiger partial charge in [-0.1, -0.05) is 0 Å². The molecule has 0 saturated carbocycles. The fraction of sp³-hybridized carbons (Fsp3) is 0.417. The SMILES string of the molecule is CNC(Cc1ccoc1)Cc1csc(C)n1. The van der Waals surface area contributed by atoms with Crippen LogP contribution in [0, 0.1) is 6.92 Å². The fourth-order valence-electron chi connectivity index (χ4n) is 1.72. The van der Waals surface area contributed by atoms with Gasteiger partial charge in [-0.15, -0.1) is 11.3 Å². The maximum absolute atomic E-state index is 5.07. The zero-order valence-corrected chi connectivity index (χ0v) is 10.4. The van der Waals surface area contributed by atoms with Crippen LogP contribution in [0.5, 0.6) is 0 Å². The van der Waals surface area contributed by atoms with Gasteiger partial charge in [0.15, 0.2) is 0 Å². The van der Waals surface area contributed by atoms with E-state index in [4.69, 9.17) is 4.42 Å². The van der Waals surface area contributed by atoms with Gasteiger partial charge in [0.25, 0.3) is 0 Å². The minimum absolute atomic E-state index is 0.416. The largest absolute Gasteiger partial charge is 0.472 e. The third-order valence-corrected chi connectivity index (χ3v) is 3.41. The monoisotopic (exact) mass is 236 g/mol. The van der Waals surface area contributed by atoms with E-state index in [9.17, 15) is 0 Å². The molecule has 0 radical (unpaired) electrons. The van der Waals surface area contributed by atoms with Crippen LogP contribution in [0.3, 0.4) is 0 Å². The summed E-state index contributed by atoms with van der Waals surface area (Å²) >= 11 is 1.71. The summed E-state index contributed by atoms with van der Waals surface area (Å²) in [6.45, 7) is 2.04. The molecule has 0 aliphatic carbocycles. The Labute approximate surface area is 99.5 Å². The van der Waals surface area contributed by atoms with Gasteiger partial charge in [-0.3, -0.25) is 0 Å². The molecule has 2 rings (SSSR count). The van der Waals surface area contributed by atoms with Crippen molar-refractivity contribution in [2.45, 2.75) is 25.8 Å². The summed E-state index contributed by atoms with van der Waals surface area (Å²) in [6, 6.07) is 2.43. The van der Waals surface area contributed by atoms with Crippen LogP contribution < -0.4 is 5.32 Å². The van der Waals surface area contributed by atoms with E-state index < -0.39 is 0 Å². The van der Waals surface area contributed by atoms with Crippen LogP contribution in [-0.2, 0) is 12.8 Å². The normalized spacial score (nSPS) is 12.9. The van der Waals surface area contributed by atoms with Crippen molar-refractivity contribution in [3.63, 3.8) is 0 Å². The predicted molar refractivity (Wildman–Crippen MR) is 65.8 cm³/mol. The Bertz CT molecular complexity index is 422. The average Bonchev–Trinajstić information content (AvgIpc) is 2.89. The third kappa shape index (κ3) is 2.93. The number of likely N-dealkylation sites (N-methyl/N-ethyl adjacent to an activating group) is 1. The van der Waals surface area contributed by atoms with Crippen LogP contribution in [0.2, 0.25) is 0 Å². The number of rotatable bonds is 5. The van der Waals surface area contributed by atoms with E-state index in [0.717, 1.165) is 17.8 Å². The molecule has 1 N–H and O–H groups in total. The summed E-state index contributed by atoms with van der Waals surface area (Å²) in [5.74, 6) is 0. The van der Waals surface area contributed by atoms with E-state index in [1.54, 1.807) is 23.9 Å². The number of thiazole rings is 1. The Kier molecular flexibility index (Phi) is 3.74.